The monoisotopic (exact) mass is 287 g/mol. The van der Waals surface area contributed by atoms with Gasteiger partial charge in [0.25, 0.3) is 5.91 Å². The van der Waals surface area contributed by atoms with Crippen LogP contribution in [0.15, 0.2) is 45.8 Å². The first-order valence-corrected chi connectivity index (χ1v) is 6.46. The number of aromatic nitrogens is 4. The van der Waals surface area contributed by atoms with Gasteiger partial charge in [-0.2, -0.15) is 0 Å². The molecule has 0 spiro atoms. The minimum absolute atomic E-state index is 0.224. The Bertz CT molecular complexity index is 687. The Labute approximate surface area is 119 Å². The Morgan fingerprint density at radius 3 is 3.10 bits per heavy atom. The highest BCUT2D eigenvalue weighted by molar-refractivity contribution is 5.92. The van der Waals surface area contributed by atoms with Crippen molar-refractivity contribution in [3.63, 3.8) is 0 Å². The third kappa shape index (κ3) is 3.16. The van der Waals surface area contributed by atoms with Crippen molar-refractivity contribution in [1.82, 2.24) is 25.5 Å². The predicted molar refractivity (Wildman–Crippen MR) is 71.2 cm³/mol. The number of aryl methyl sites for hydroxylation is 1. The third-order valence-corrected chi connectivity index (χ3v) is 2.83. The van der Waals surface area contributed by atoms with Crippen LogP contribution in [0.2, 0.25) is 0 Å². The second kappa shape index (κ2) is 6.04. The number of hydrogen-bond acceptors (Lipinski definition) is 6. The molecule has 0 saturated carbocycles. The van der Waals surface area contributed by atoms with Gasteiger partial charge in [0, 0.05) is 25.4 Å². The van der Waals surface area contributed by atoms with Crippen LogP contribution in [0.3, 0.4) is 0 Å². The molecule has 3 aromatic heterocycles. The van der Waals surface area contributed by atoms with E-state index in [9.17, 15) is 4.79 Å². The van der Waals surface area contributed by atoms with Gasteiger partial charge >= 0.3 is 0 Å². The molecule has 8 heteroatoms. The van der Waals surface area contributed by atoms with Gasteiger partial charge in [0.05, 0.1) is 12.5 Å². The lowest BCUT2D eigenvalue weighted by atomic mass is 10.3. The van der Waals surface area contributed by atoms with Crippen LogP contribution in [0.1, 0.15) is 16.9 Å². The molecule has 108 valence electrons. The van der Waals surface area contributed by atoms with Crippen molar-refractivity contribution in [2.75, 3.05) is 6.54 Å². The Morgan fingerprint density at radius 1 is 1.38 bits per heavy atom. The summed E-state index contributed by atoms with van der Waals surface area (Å²) in [4.78, 5) is 11.9. The molecule has 3 aromatic rings. The molecule has 3 rings (SSSR count). The molecule has 0 aliphatic heterocycles. The summed E-state index contributed by atoms with van der Waals surface area (Å²) in [6.45, 7) is 1.21. The van der Waals surface area contributed by atoms with Crippen molar-refractivity contribution in [3.05, 3.63) is 42.5 Å². The largest absolute Gasteiger partial charge is 0.461 e. The Hall–Kier alpha value is -2.90. The van der Waals surface area contributed by atoms with Crippen LogP contribution >= 0.6 is 0 Å². The lowest BCUT2D eigenvalue weighted by molar-refractivity contribution is 0.0943. The quantitative estimate of drug-likeness (QED) is 0.687. The molecular formula is C13H13N5O3. The van der Waals surface area contributed by atoms with Crippen molar-refractivity contribution in [1.29, 1.82) is 0 Å². The highest BCUT2D eigenvalue weighted by Gasteiger charge is 2.14. The van der Waals surface area contributed by atoms with E-state index in [1.807, 2.05) is 0 Å². The van der Waals surface area contributed by atoms with Crippen molar-refractivity contribution in [2.45, 2.75) is 13.0 Å². The van der Waals surface area contributed by atoms with E-state index in [4.69, 9.17) is 8.94 Å². The fraction of sp³-hybridized carbons (Fsp3) is 0.231. The molecule has 0 atom stereocenters. The molecule has 0 aliphatic carbocycles. The third-order valence-electron chi connectivity index (χ3n) is 2.83. The minimum atomic E-state index is -0.282. The second-order valence-corrected chi connectivity index (χ2v) is 4.33. The molecule has 3 heterocycles. The topological polar surface area (TPSA) is 99.0 Å². The standard InChI is InChI=1S/C13H13N5O3/c19-13(14-4-2-6-18-7-5-15-17-18)10-9-12(21-16-10)11-3-1-8-20-11/h1,3,5,7-9H,2,4,6H2,(H,14,19). The van der Waals surface area contributed by atoms with Crippen LogP contribution in [-0.4, -0.2) is 32.6 Å². The van der Waals surface area contributed by atoms with E-state index in [0.717, 1.165) is 6.42 Å². The molecule has 0 aromatic carbocycles. The summed E-state index contributed by atoms with van der Waals surface area (Å²) in [5.74, 6) is 0.677. The number of nitrogens with zero attached hydrogens (tertiary/aromatic N) is 4. The normalized spacial score (nSPS) is 10.7. The zero-order valence-corrected chi connectivity index (χ0v) is 11.1. The van der Waals surface area contributed by atoms with E-state index in [-0.39, 0.29) is 11.6 Å². The number of carbonyl (C=O) groups excluding carboxylic acids is 1. The van der Waals surface area contributed by atoms with Crippen LogP contribution < -0.4 is 5.32 Å². The van der Waals surface area contributed by atoms with E-state index in [2.05, 4.69) is 20.8 Å². The Morgan fingerprint density at radius 2 is 2.33 bits per heavy atom. The van der Waals surface area contributed by atoms with Crippen LogP contribution in [0.5, 0.6) is 0 Å². The molecule has 0 bridgehead atoms. The first-order valence-electron chi connectivity index (χ1n) is 6.46. The maximum atomic E-state index is 11.9. The summed E-state index contributed by atoms with van der Waals surface area (Å²) in [5, 5.41) is 14.0. The van der Waals surface area contributed by atoms with E-state index in [1.165, 1.54) is 6.26 Å². The lowest BCUT2D eigenvalue weighted by Crippen LogP contribution is -2.25. The Balaban J connectivity index is 1.49. The highest BCUT2D eigenvalue weighted by atomic mass is 16.5. The summed E-state index contributed by atoms with van der Waals surface area (Å²) >= 11 is 0. The molecule has 0 aliphatic rings. The SMILES string of the molecule is O=C(NCCCn1ccnn1)c1cc(-c2ccco2)on1. The van der Waals surface area contributed by atoms with E-state index in [0.29, 0.717) is 24.6 Å². The van der Waals surface area contributed by atoms with Crippen LogP contribution in [0.4, 0.5) is 0 Å². The molecular weight excluding hydrogens is 274 g/mol. The average Bonchev–Trinajstić information content (AvgIpc) is 3.25. The summed E-state index contributed by atoms with van der Waals surface area (Å²) in [6, 6.07) is 5.02. The van der Waals surface area contributed by atoms with Crippen LogP contribution in [-0.2, 0) is 6.54 Å². The number of amides is 1. The van der Waals surface area contributed by atoms with Gasteiger partial charge in [-0.3, -0.25) is 9.48 Å². The predicted octanol–water partition coefficient (Wildman–Crippen LogP) is 1.35. The van der Waals surface area contributed by atoms with Gasteiger partial charge in [-0.1, -0.05) is 10.4 Å². The lowest BCUT2D eigenvalue weighted by Gasteiger charge is -2.02. The molecule has 0 saturated heterocycles. The first-order chi connectivity index (χ1) is 10.3. The van der Waals surface area contributed by atoms with E-state index < -0.39 is 0 Å². The molecule has 0 fully saturated rings. The van der Waals surface area contributed by atoms with Gasteiger partial charge in [-0.25, -0.2) is 0 Å². The van der Waals surface area contributed by atoms with Crippen molar-refractivity contribution in [2.24, 2.45) is 0 Å². The number of rotatable bonds is 6. The average molecular weight is 287 g/mol. The van der Waals surface area contributed by atoms with Gasteiger partial charge in [0.15, 0.2) is 11.5 Å². The number of furan rings is 1. The molecule has 1 N–H and O–H groups in total. The zero-order valence-electron chi connectivity index (χ0n) is 11.1. The summed E-state index contributed by atoms with van der Waals surface area (Å²) in [7, 11) is 0. The Kier molecular flexibility index (Phi) is 3.77. The van der Waals surface area contributed by atoms with Crippen molar-refractivity contribution in [3.8, 4) is 11.5 Å². The maximum Gasteiger partial charge on any atom is 0.273 e. The highest BCUT2D eigenvalue weighted by Crippen LogP contribution is 2.20. The minimum Gasteiger partial charge on any atom is -0.461 e. The fourth-order valence-electron chi connectivity index (χ4n) is 1.80. The molecule has 8 nitrogen and oxygen atoms in total. The summed E-state index contributed by atoms with van der Waals surface area (Å²) in [6.07, 6.45) is 5.67. The van der Waals surface area contributed by atoms with E-state index >= 15 is 0 Å². The van der Waals surface area contributed by atoms with Crippen molar-refractivity contribution >= 4 is 5.91 Å². The summed E-state index contributed by atoms with van der Waals surface area (Å²) < 4.78 is 11.9. The molecule has 1 amide bonds. The van der Waals surface area contributed by atoms with Gasteiger partial charge in [-0.05, 0) is 18.6 Å². The number of nitrogens with one attached hydrogen (secondary N) is 1. The molecule has 0 radical (unpaired) electrons. The van der Waals surface area contributed by atoms with Gasteiger partial charge in [-0.15, -0.1) is 5.10 Å². The van der Waals surface area contributed by atoms with Crippen LogP contribution in [0, 0.1) is 0 Å². The fourth-order valence-corrected chi connectivity index (χ4v) is 1.80. The number of hydrogen-bond donors (Lipinski definition) is 1. The molecule has 0 unspecified atom stereocenters. The van der Waals surface area contributed by atoms with Gasteiger partial charge in [0.1, 0.15) is 0 Å². The van der Waals surface area contributed by atoms with E-state index in [1.54, 1.807) is 35.3 Å². The first kappa shape index (κ1) is 13.1. The van der Waals surface area contributed by atoms with Crippen LogP contribution in [0.25, 0.3) is 11.5 Å². The molecule has 21 heavy (non-hydrogen) atoms. The zero-order chi connectivity index (χ0) is 14.5. The summed E-state index contributed by atoms with van der Waals surface area (Å²) in [5.41, 5.74) is 0.224. The van der Waals surface area contributed by atoms with Crippen molar-refractivity contribution < 1.29 is 13.7 Å². The van der Waals surface area contributed by atoms with Gasteiger partial charge in [0.2, 0.25) is 5.76 Å². The van der Waals surface area contributed by atoms with Gasteiger partial charge < -0.3 is 14.3 Å². The maximum absolute atomic E-state index is 11.9. The second-order valence-electron chi connectivity index (χ2n) is 4.33. The number of carbonyl (C=O) groups is 1. The smallest absolute Gasteiger partial charge is 0.273 e.